The second-order valence-electron chi connectivity index (χ2n) is 6.40. The van der Waals surface area contributed by atoms with Crippen LogP contribution < -0.4 is 10.2 Å². The fourth-order valence-corrected chi connectivity index (χ4v) is 2.89. The van der Waals surface area contributed by atoms with E-state index in [0.29, 0.717) is 5.54 Å². The number of anilines is 1. The number of nitrogens with one attached hydrogen (secondary N) is 1. The summed E-state index contributed by atoms with van der Waals surface area (Å²) in [7, 11) is 6.45. The van der Waals surface area contributed by atoms with Crippen molar-refractivity contribution in [2.24, 2.45) is 0 Å². The highest BCUT2D eigenvalue weighted by atomic mass is 15.3. The molecule has 0 saturated heterocycles. The van der Waals surface area contributed by atoms with Crippen molar-refractivity contribution in [3.8, 4) is 0 Å². The van der Waals surface area contributed by atoms with Crippen LogP contribution in [0.5, 0.6) is 0 Å². The Morgan fingerprint density at radius 2 is 1.86 bits per heavy atom. The lowest BCUT2D eigenvalue weighted by atomic mass is 9.75. The third-order valence-electron chi connectivity index (χ3n) is 4.55. The summed E-state index contributed by atoms with van der Waals surface area (Å²) in [6.45, 7) is 5.04. The Balaban J connectivity index is 1.92. The summed E-state index contributed by atoms with van der Waals surface area (Å²) in [5.41, 5.74) is 1.45. The Kier molecular flexibility index (Phi) is 5.53. The maximum atomic E-state index is 4.52. The van der Waals surface area contributed by atoms with Crippen molar-refractivity contribution in [1.82, 2.24) is 20.2 Å². The van der Waals surface area contributed by atoms with E-state index in [4.69, 9.17) is 0 Å². The third-order valence-corrected chi connectivity index (χ3v) is 4.55. The van der Waals surface area contributed by atoms with E-state index in [1.54, 1.807) is 0 Å². The average molecular weight is 291 g/mol. The molecule has 1 saturated carbocycles. The van der Waals surface area contributed by atoms with Crippen LogP contribution in [0.1, 0.15) is 38.2 Å². The molecule has 1 aliphatic rings. The molecule has 5 nitrogen and oxygen atoms in total. The molecule has 0 radical (unpaired) electrons. The molecule has 0 spiro atoms. The Morgan fingerprint density at radius 3 is 2.33 bits per heavy atom. The number of likely N-dealkylation sites (N-methyl/N-ethyl adjacent to an activating group) is 2. The molecule has 0 aromatic carbocycles. The third kappa shape index (κ3) is 3.92. The van der Waals surface area contributed by atoms with Gasteiger partial charge in [0.05, 0.1) is 0 Å². The molecule has 0 aliphatic heterocycles. The number of aromatic nitrogens is 2. The van der Waals surface area contributed by atoms with Crippen LogP contribution in [0.25, 0.3) is 0 Å². The fourth-order valence-electron chi connectivity index (χ4n) is 2.89. The highest BCUT2D eigenvalue weighted by Gasteiger charge is 2.40. The highest BCUT2D eigenvalue weighted by molar-refractivity contribution is 5.30. The average Bonchev–Trinajstić information content (AvgIpc) is 2.43. The normalized spacial score (nSPS) is 16.8. The van der Waals surface area contributed by atoms with Gasteiger partial charge in [-0.1, -0.05) is 6.92 Å². The maximum absolute atomic E-state index is 4.52. The van der Waals surface area contributed by atoms with Gasteiger partial charge < -0.3 is 15.1 Å². The minimum Gasteiger partial charge on any atom is -0.342 e. The number of hydrogen-bond acceptors (Lipinski definition) is 5. The second-order valence-corrected chi connectivity index (χ2v) is 6.40. The summed E-state index contributed by atoms with van der Waals surface area (Å²) in [6, 6.07) is 0. The molecule has 0 unspecified atom stereocenters. The van der Waals surface area contributed by atoms with E-state index in [1.807, 2.05) is 12.4 Å². The molecule has 1 aliphatic carbocycles. The first-order chi connectivity index (χ1) is 10.1. The zero-order chi connectivity index (χ0) is 15.3. The monoisotopic (exact) mass is 291 g/mol. The van der Waals surface area contributed by atoms with E-state index >= 15 is 0 Å². The van der Waals surface area contributed by atoms with Gasteiger partial charge in [-0.05, 0) is 46.3 Å². The number of hydrogen-bond donors (Lipinski definition) is 1. The van der Waals surface area contributed by atoms with Gasteiger partial charge in [0.2, 0.25) is 5.95 Å². The summed E-state index contributed by atoms with van der Waals surface area (Å²) >= 11 is 0. The summed E-state index contributed by atoms with van der Waals surface area (Å²) < 4.78 is 0. The summed E-state index contributed by atoms with van der Waals surface area (Å²) in [5, 5.41) is 3.37. The van der Waals surface area contributed by atoms with Crippen LogP contribution in [0.15, 0.2) is 12.4 Å². The number of rotatable bonds is 8. The van der Waals surface area contributed by atoms with Gasteiger partial charge in [0.25, 0.3) is 0 Å². The molecule has 21 heavy (non-hydrogen) atoms. The SMILES string of the molecule is CCCNCc1cnc(N(C)CC2(N(C)C)CCC2)nc1. The topological polar surface area (TPSA) is 44.3 Å². The molecule has 0 amide bonds. The van der Waals surface area contributed by atoms with Crippen LogP contribution in [0.2, 0.25) is 0 Å². The molecule has 1 aromatic rings. The van der Waals surface area contributed by atoms with Crippen molar-refractivity contribution in [2.45, 2.75) is 44.7 Å². The lowest BCUT2D eigenvalue weighted by Gasteiger charge is -2.49. The van der Waals surface area contributed by atoms with E-state index in [9.17, 15) is 0 Å². The van der Waals surface area contributed by atoms with Crippen molar-refractivity contribution in [3.63, 3.8) is 0 Å². The Labute approximate surface area is 128 Å². The van der Waals surface area contributed by atoms with Gasteiger partial charge in [-0.3, -0.25) is 0 Å². The molecule has 0 atom stereocenters. The van der Waals surface area contributed by atoms with Crippen LogP contribution in [0.3, 0.4) is 0 Å². The lowest BCUT2D eigenvalue weighted by Crippen LogP contribution is -2.57. The summed E-state index contributed by atoms with van der Waals surface area (Å²) in [5.74, 6) is 0.822. The van der Waals surface area contributed by atoms with E-state index in [0.717, 1.165) is 37.6 Å². The van der Waals surface area contributed by atoms with Gasteiger partial charge >= 0.3 is 0 Å². The molecule has 0 bridgehead atoms. The first kappa shape index (κ1) is 16.2. The Hall–Kier alpha value is -1.20. The highest BCUT2D eigenvalue weighted by Crippen LogP contribution is 2.37. The minimum atomic E-state index is 0.305. The molecule has 1 heterocycles. The van der Waals surface area contributed by atoms with Crippen molar-refractivity contribution in [3.05, 3.63) is 18.0 Å². The van der Waals surface area contributed by atoms with Crippen molar-refractivity contribution in [1.29, 1.82) is 0 Å². The molecule has 2 rings (SSSR count). The van der Waals surface area contributed by atoms with Crippen molar-refractivity contribution < 1.29 is 0 Å². The van der Waals surface area contributed by atoms with Gasteiger partial charge in [0, 0.05) is 43.6 Å². The van der Waals surface area contributed by atoms with Crippen molar-refractivity contribution >= 4 is 5.95 Å². The van der Waals surface area contributed by atoms with Crippen LogP contribution in [0.4, 0.5) is 5.95 Å². The Morgan fingerprint density at radius 1 is 1.19 bits per heavy atom. The second kappa shape index (κ2) is 7.18. The fraction of sp³-hybridized carbons (Fsp3) is 0.750. The zero-order valence-electron chi connectivity index (χ0n) is 13.9. The van der Waals surface area contributed by atoms with E-state index in [1.165, 1.54) is 19.3 Å². The molecular weight excluding hydrogens is 262 g/mol. The maximum Gasteiger partial charge on any atom is 0.225 e. The zero-order valence-corrected chi connectivity index (χ0v) is 13.9. The van der Waals surface area contributed by atoms with Gasteiger partial charge in [-0.25, -0.2) is 9.97 Å². The van der Waals surface area contributed by atoms with Crippen LogP contribution >= 0.6 is 0 Å². The predicted molar refractivity (Wildman–Crippen MR) is 87.6 cm³/mol. The van der Waals surface area contributed by atoms with E-state index in [-0.39, 0.29) is 0 Å². The van der Waals surface area contributed by atoms with E-state index in [2.05, 4.69) is 53.2 Å². The molecular formula is C16H29N5. The molecule has 5 heteroatoms. The van der Waals surface area contributed by atoms with Crippen LogP contribution in [-0.2, 0) is 6.54 Å². The van der Waals surface area contributed by atoms with Crippen molar-refractivity contribution in [2.75, 3.05) is 39.1 Å². The van der Waals surface area contributed by atoms with Gasteiger partial charge in [-0.2, -0.15) is 0 Å². The van der Waals surface area contributed by atoms with E-state index < -0.39 is 0 Å². The van der Waals surface area contributed by atoms with Crippen LogP contribution in [-0.4, -0.2) is 54.6 Å². The molecule has 118 valence electrons. The van der Waals surface area contributed by atoms with Gasteiger partial charge in [0.15, 0.2) is 0 Å². The first-order valence-electron chi connectivity index (χ1n) is 7.97. The standard InChI is InChI=1S/C16H29N5/c1-5-9-17-10-14-11-18-15(19-12-14)21(4)13-16(20(2)3)7-6-8-16/h11-12,17H,5-10,13H2,1-4H3. The molecule has 1 aromatic heterocycles. The minimum absolute atomic E-state index is 0.305. The van der Waals surface area contributed by atoms with Gasteiger partial charge in [-0.15, -0.1) is 0 Å². The molecule has 1 fully saturated rings. The smallest absolute Gasteiger partial charge is 0.225 e. The lowest BCUT2D eigenvalue weighted by molar-refractivity contribution is 0.0680. The first-order valence-corrected chi connectivity index (χ1v) is 7.97. The predicted octanol–water partition coefficient (Wildman–Crippen LogP) is 1.90. The summed E-state index contributed by atoms with van der Waals surface area (Å²) in [4.78, 5) is 13.6. The quantitative estimate of drug-likeness (QED) is 0.741. The van der Waals surface area contributed by atoms with Gasteiger partial charge in [0.1, 0.15) is 0 Å². The number of nitrogens with zero attached hydrogens (tertiary/aromatic N) is 4. The Bertz CT molecular complexity index is 425. The summed E-state index contributed by atoms with van der Waals surface area (Å²) in [6.07, 6.45) is 8.88. The molecule has 1 N–H and O–H groups in total. The van der Waals surface area contributed by atoms with Crippen LogP contribution in [0, 0.1) is 0 Å². The largest absolute Gasteiger partial charge is 0.342 e.